The highest BCUT2D eigenvalue weighted by atomic mass is 19.4. The SMILES string of the molecule is Cc1nc(C(=O)NCCc2ccc(F)cc2)cc(C(F)(F)F)n1. The predicted octanol–water partition coefficient (Wildman–Crippen LogP) is 2.92. The molecule has 1 amide bonds. The number of carbonyl (C=O) groups is 1. The molecule has 8 heteroatoms. The lowest BCUT2D eigenvalue weighted by Gasteiger charge is -2.09. The first-order chi connectivity index (χ1) is 10.8. The van der Waals surface area contributed by atoms with Gasteiger partial charge >= 0.3 is 6.18 Å². The smallest absolute Gasteiger partial charge is 0.350 e. The van der Waals surface area contributed by atoms with Crippen molar-refractivity contribution in [2.24, 2.45) is 0 Å². The molecule has 23 heavy (non-hydrogen) atoms. The third kappa shape index (κ3) is 4.73. The highest BCUT2D eigenvalue weighted by molar-refractivity contribution is 5.92. The molecule has 0 aliphatic carbocycles. The molecule has 0 spiro atoms. The molecule has 1 aromatic carbocycles. The van der Waals surface area contributed by atoms with Crippen molar-refractivity contribution in [3.05, 3.63) is 58.9 Å². The summed E-state index contributed by atoms with van der Waals surface area (Å²) >= 11 is 0. The average molecular weight is 327 g/mol. The van der Waals surface area contributed by atoms with Gasteiger partial charge in [0, 0.05) is 12.6 Å². The summed E-state index contributed by atoms with van der Waals surface area (Å²) in [5.41, 5.74) is -0.709. The normalized spacial score (nSPS) is 11.3. The van der Waals surface area contributed by atoms with Crippen LogP contribution in [-0.4, -0.2) is 22.4 Å². The number of carbonyl (C=O) groups excluding carboxylic acids is 1. The zero-order valence-electron chi connectivity index (χ0n) is 12.1. The van der Waals surface area contributed by atoms with Crippen LogP contribution in [0.1, 0.15) is 27.6 Å². The second kappa shape index (κ2) is 6.72. The molecule has 0 aliphatic heterocycles. The van der Waals surface area contributed by atoms with Crippen molar-refractivity contribution in [3.8, 4) is 0 Å². The first-order valence-electron chi connectivity index (χ1n) is 6.71. The van der Waals surface area contributed by atoms with Gasteiger partial charge in [0.15, 0.2) is 0 Å². The van der Waals surface area contributed by atoms with E-state index in [1.165, 1.54) is 19.1 Å². The summed E-state index contributed by atoms with van der Waals surface area (Å²) in [4.78, 5) is 18.9. The number of rotatable bonds is 4. The lowest BCUT2D eigenvalue weighted by Crippen LogP contribution is -2.27. The molecule has 0 unspecified atom stereocenters. The van der Waals surface area contributed by atoms with E-state index in [2.05, 4.69) is 15.3 Å². The molecular weight excluding hydrogens is 314 g/mol. The fourth-order valence-corrected chi connectivity index (χ4v) is 1.89. The number of hydrogen-bond donors (Lipinski definition) is 1. The van der Waals surface area contributed by atoms with E-state index in [-0.39, 0.29) is 23.9 Å². The number of amides is 1. The van der Waals surface area contributed by atoms with Crippen LogP contribution in [0.25, 0.3) is 0 Å². The lowest BCUT2D eigenvalue weighted by molar-refractivity contribution is -0.141. The molecule has 122 valence electrons. The number of halogens is 4. The van der Waals surface area contributed by atoms with Crippen LogP contribution in [-0.2, 0) is 12.6 Å². The van der Waals surface area contributed by atoms with Crippen LogP contribution in [0.4, 0.5) is 17.6 Å². The largest absolute Gasteiger partial charge is 0.433 e. The number of nitrogens with zero attached hydrogens (tertiary/aromatic N) is 2. The van der Waals surface area contributed by atoms with Gasteiger partial charge in [-0.15, -0.1) is 0 Å². The number of nitrogens with one attached hydrogen (secondary N) is 1. The molecule has 1 heterocycles. The number of hydrogen-bond acceptors (Lipinski definition) is 3. The molecule has 0 fully saturated rings. The van der Waals surface area contributed by atoms with Gasteiger partial charge in [-0.25, -0.2) is 14.4 Å². The Bertz CT molecular complexity index is 699. The molecule has 0 aliphatic rings. The Morgan fingerprint density at radius 2 is 1.83 bits per heavy atom. The minimum Gasteiger partial charge on any atom is -0.350 e. The van der Waals surface area contributed by atoms with E-state index in [0.29, 0.717) is 12.5 Å². The predicted molar refractivity (Wildman–Crippen MR) is 74.2 cm³/mol. The first kappa shape index (κ1) is 16.9. The Morgan fingerprint density at radius 1 is 1.17 bits per heavy atom. The Morgan fingerprint density at radius 3 is 2.43 bits per heavy atom. The second-order valence-electron chi connectivity index (χ2n) is 4.82. The monoisotopic (exact) mass is 327 g/mol. The van der Waals surface area contributed by atoms with E-state index in [4.69, 9.17) is 0 Å². The van der Waals surface area contributed by atoms with Crippen LogP contribution < -0.4 is 5.32 Å². The Labute approximate surface area is 129 Å². The molecule has 0 radical (unpaired) electrons. The minimum absolute atomic E-state index is 0.136. The van der Waals surface area contributed by atoms with E-state index in [1.807, 2.05) is 0 Å². The van der Waals surface area contributed by atoms with Gasteiger partial charge in [0.1, 0.15) is 23.0 Å². The van der Waals surface area contributed by atoms with E-state index in [9.17, 15) is 22.4 Å². The number of benzene rings is 1. The molecule has 1 aromatic heterocycles. The average Bonchev–Trinajstić information content (AvgIpc) is 2.47. The van der Waals surface area contributed by atoms with Crippen molar-refractivity contribution >= 4 is 5.91 Å². The molecule has 4 nitrogen and oxygen atoms in total. The van der Waals surface area contributed by atoms with Crippen LogP contribution in [0.15, 0.2) is 30.3 Å². The summed E-state index contributed by atoms with van der Waals surface area (Å²) in [5, 5.41) is 2.48. The van der Waals surface area contributed by atoms with Crippen molar-refractivity contribution in [2.45, 2.75) is 19.5 Å². The van der Waals surface area contributed by atoms with Crippen LogP contribution in [0.5, 0.6) is 0 Å². The maximum absolute atomic E-state index is 12.8. The third-order valence-corrected chi connectivity index (χ3v) is 2.97. The minimum atomic E-state index is -4.64. The topological polar surface area (TPSA) is 54.9 Å². The van der Waals surface area contributed by atoms with Crippen LogP contribution in [0, 0.1) is 12.7 Å². The van der Waals surface area contributed by atoms with Gasteiger partial charge in [-0.3, -0.25) is 4.79 Å². The number of alkyl halides is 3. The van der Waals surface area contributed by atoms with Crippen LogP contribution >= 0.6 is 0 Å². The molecule has 0 atom stereocenters. The van der Waals surface area contributed by atoms with Gasteiger partial charge in [-0.2, -0.15) is 13.2 Å². The molecule has 2 rings (SSSR count). The fraction of sp³-hybridized carbons (Fsp3) is 0.267. The quantitative estimate of drug-likeness (QED) is 0.879. The van der Waals surface area contributed by atoms with Crippen molar-refractivity contribution < 1.29 is 22.4 Å². The zero-order valence-corrected chi connectivity index (χ0v) is 12.1. The van der Waals surface area contributed by atoms with E-state index in [1.54, 1.807) is 12.1 Å². The highest BCUT2D eigenvalue weighted by Gasteiger charge is 2.33. The number of aromatic nitrogens is 2. The molecule has 0 saturated heterocycles. The summed E-state index contributed by atoms with van der Waals surface area (Å²) in [7, 11) is 0. The maximum Gasteiger partial charge on any atom is 0.433 e. The van der Waals surface area contributed by atoms with Gasteiger partial charge in [0.05, 0.1) is 0 Å². The maximum atomic E-state index is 12.8. The summed E-state index contributed by atoms with van der Waals surface area (Å²) < 4.78 is 50.7. The van der Waals surface area contributed by atoms with Gasteiger partial charge < -0.3 is 5.32 Å². The number of aryl methyl sites for hydroxylation is 1. The highest BCUT2D eigenvalue weighted by Crippen LogP contribution is 2.27. The summed E-state index contributed by atoms with van der Waals surface area (Å²) in [5.74, 6) is -1.22. The third-order valence-electron chi connectivity index (χ3n) is 2.97. The van der Waals surface area contributed by atoms with Crippen molar-refractivity contribution in [3.63, 3.8) is 0 Å². The summed E-state index contributed by atoms with van der Waals surface area (Å²) in [6, 6.07) is 6.33. The van der Waals surface area contributed by atoms with Gasteiger partial charge in [0.2, 0.25) is 0 Å². The molecule has 0 bridgehead atoms. The molecule has 0 saturated carbocycles. The standard InChI is InChI=1S/C15H13F4N3O/c1-9-21-12(8-13(22-9)15(17,18)19)14(23)20-7-6-10-2-4-11(16)5-3-10/h2-5,8H,6-7H2,1H3,(H,20,23). The second-order valence-corrected chi connectivity index (χ2v) is 4.82. The van der Waals surface area contributed by atoms with Gasteiger partial charge in [0.25, 0.3) is 5.91 Å². The summed E-state index contributed by atoms with van der Waals surface area (Å²) in [6.45, 7) is 1.47. The van der Waals surface area contributed by atoms with Gasteiger partial charge in [-0.05, 0) is 31.0 Å². The van der Waals surface area contributed by atoms with Crippen LogP contribution in [0.3, 0.4) is 0 Å². The zero-order chi connectivity index (χ0) is 17.0. The Kier molecular flexibility index (Phi) is 4.92. The van der Waals surface area contributed by atoms with E-state index < -0.39 is 17.8 Å². The first-order valence-corrected chi connectivity index (χ1v) is 6.71. The van der Waals surface area contributed by atoms with E-state index in [0.717, 1.165) is 5.56 Å². The Hall–Kier alpha value is -2.51. The van der Waals surface area contributed by atoms with E-state index >= 15 is 0 Å². The molecule has 1 N–H and O–H groups in total. The van der Waals surface area contributed by atoms with Crippen molar-refractivity contribution in [1.29, 1.82) is 0 Å². The fourth-order valence-electron chi connectivity index (χ4n) is 1.89. The lowest BCUT2D eigenvalue weighted by atomic mass is 10.1. The molecule has 2 aromatic rings. The summed E-state index contributed by atoms with van der Waals surface area (Å²) in [6.07, 6.45) is -4.22. The Balaban J connectivity index is 2.00. The van der Waals surface area contributed by atoms with Crippen molar-refractivity contribution in [2.75, 3.05) is 6.54 Å². The van der Waals surface area contributed by atoms with Crippen LogP contribution in [0.2, 0.25) is 0 Å². The van der Waals surface area contributed by atoms with Gasteiger partial charge in [-0.1, -0.05) is 12.1 Å². The molecular formula is C15H13F4N3O. The van der Waals surface area contributed by atoms with Crippen molar-refractivity contribution in [1.82, 2.24) is 15.3 Å².